The summed E-state index contributed by atoms with van der Waals surface area (Å²) >= 11 is 0. The Morgan fingerprint density at radius 3 is 2.52 bits per heavy atom. The first-order valence-corrected chi connectivity index (χ1v) is 10.5. The minimum absolute atomic E-state index is 0.538. The second-order valence-corrected chi connectivity index (χ2v) is 8.14. The number of nitrogens with one attached hydrogen (secondary N) is 1. The predicted octanol–water partition coefficient (Wildman–Crippen LogP) is 5.49. The fraction of sp³-hybridized carbons (Fsp3) is 0.609. The Morgan fingerprint density at radius 1 is 0.920 bits per heavy atom. The summed E-state index contributed by atoms with van der Waals surface area (Å²) in [4.78, 5) is 5.37. The monoisotopic (exact) mass is 336 g/mol. The molecule has 3 fully saturated rings. The van der Waals surface area contributed by atoms with Crippen LogP contribution in [0.25, 0.3) is 0 Å². The summed E-state index contributed by atoms with van der Waals surface area (Å²) in [5, 5.41) is 3.54. The number of hydrogen-bond donors (Lipinski definition) is 1. The third-order valence-corrected chi connectivity index (χ3v) is 6.45. The Labute approximate surface area is 152 Å². The molecule has 1 heterocycles. The highest BCUT2D eigenvalue weighted by Gasteiger charge is 2.34. The molecule has 0 amide bonds. The molecule has 2 heteroatoms. The van der Waals surface area contributed by atoms with Gasteiger partial charge in [0.15, 0.2) is 0 Å². The van der Waals surface area contributed by atoms with Gasteiger partial charge in [-0.2, -0.15) is 0 Å². The highest BCUT2D eigenvalue weighted by molar-refractivity contribution is 6.09. The lowest BCUT2D eigenvalue weighted by atomic mass is 9.78. The summed E-state index contributed by atoms with van der Waals surface area (Å²) in [5.74, 6) is 1.76. The molecule has 1 saturated heterocycles. The third kappa shape index (κ3) is 4.16. The molecule has 0 aromatic heterocycles. The van der Waals surface area contributed by atoms with Gasteiger partial charge in [0.1, 0.15) is 0 Å². The van der Waals surface area contributed by atoms with Crippen LogP contribution < -0.4 is 5.32 Å². The second kappa shape index (κ2) is 8.21. The normalized spacial score (nSPS) is 29.9. The van der Waals surface area contributed by atoms with Crippen LogP contribution in [-0.4, -0.2) is 18.3 Å². The van der Waals surface area contributed by atoms with Gasteiger partial charge in [-0.15, -0.1) is 0 Å². The van der Waals surface area contributed by atoms with E-state index in [4.69, 9.17) is 4.99 Å². The van der Waals surface area contributed by atoms with Gasteiger partial charge in [-0.3, -0.25) is 4.99 Å². The van der Waals surface area contributed by atoms with E-state index < -0.39 is 0 Å². The highest BCUT2D eigenvalue weighted by atomic mass is 14.9. The molecule has 1 N–H and O–H groups in total. The van der Waals surface area contributed by atoms with Crippen molar-refractivity contribution in [1.29, 1.82) is 0 Å². The number of aliphatic imine (C=N–C) groups is 1. The molecule has 3 aliphatic rings. The van der Waals surface area contributed by atoms with Gasteiger partial charge in [0.2, 0.25) is 0 Å². The van der Waals surface area contributed by atoms with Crippen molar-refractivity contribution in [3.63, 3.8) is 0 Å². The van der Waals surface area contributed by atoms with Crippen LogP contribution in [0.2, 0.25) is 0 Å². The largest absolute Gasteiger partial charge is 0.388 e. The van der Waals surface area contributed by atoms with E-state index >= 15 is 0 Å². The van der Waals surface area contributed by atoms with Crippen LogP contribution >= 0.6 is 0 Å². The van der Waals surface area contributed by atoms with Gasteiger partial charge >= 0.3 is 0 Å². The SMILES string of the molecule is C(=C1CCCN1)C(=N[C@@H]1CCC[C@H]1C1CCCCC1)c1ccccc1. The smallest absolute Gasteiger partial charge is 0.0667 e. The predicted molar refractivity (Wildman–Crippen MR) is 106 cm³/mol. The van der Waals surface area contributed by atoms with Gasteiger partial charge in [-0.1, -0.05) is 68.9 Å². The third-order valence-electron chi connectivity index (χ3n) is 6.45. The maximum atomic E-state index is 5.37. The van der Waals surface area contributed by atoms with Crippen molar-refractivity contribution in [3.8, 4) is 0 Å². The molecule has 0 unspecified atom stereocenters. The second-order valence-electron chi connectivity index (χ2n) is 8.14. The van der Waals surface area contributed by atoms with E-state index in [1.807, 2.05) is 0 Å². The number of hydrogen-bond acceptors (Lipinski definition) is 2. The molecular formula is C23H32N2. The van der Waals surface area contributed by atoms with E-state index in [0.29, 0.717) is 6.04 Å². The Bertz CT molecular complexity index is 602. The molecule has 0 radical (unpaired) electrons. The average molecular weight is 337 g/mol. The molecule has 2 saturated carbocycles. The van der Waals surface area contributed by atoms with E-state index in [2.05, 4.69) is 41.7 Å². The lowest BCUT2D eigenvalue weighted by molar-refractivity contribution is 0.235. The first-order chi connectivity index (χ1) is 12.4. The zero-order chi connectivity index (χ0) is 16.9. The van der Waals surface area contributed by atoms with E-state index in [-0.39, 0.29) is 0 Å². The van der Waals surface area contributed by atoms with Gasteiger partial charge in [0.05, 0.1) is 11.8 Å². The fourth-order valence-electron chi connectivity index (χ4n) is 5.13. The Balaban J connectivity index is 1.60. The zero-order valence-electron chi connectivity index (χ0n) is 15.4. The maximum Gasteiger partial charge on any atom is 0.0667 e. The summed E-state index contributed by atoms with van der Waals surface area (Å²) in [5.41, 5.74) is 3.85. The van der Waals surface area contributed by atoms with Crippen LogP contribution in [0.1, 0.15) is 69.8 Å². The molecule has 0 spiro atoms. The molecule has 2 nitrogen and oxygen atoms in total. The molecule has 2 aliphatic carbocycles. The topological polar surface area (TPSA) is 24.4 Å². The Hall–Kier alpha value is -1.57. The number of benzene rings is 1. The van der Waals surface area contributed by atoms with E-state index in [1.54, 1.807) is 0 Å². The lowest BCUT2D eigenvalue weighted by Crippen LogP contribution is -2.25. The van der Waals surface area contributed by atoms with Gasteiger partial charge in [0.25, 0.3) is 0 Å². The van der Waals surface area contributed by atoms with Crippen molar-refractivity contribution < 1.29 is 0 Å². The quantitative estimate of drug-likeness (QED) is 0.722. The summed E-state index contributed by atoms with van der Waals surface area (Å²) in [6.45, 7) is 1.11. The molecule has 4 rings (SSSR count). The Morgan fingerprint density at radius 2 is 1.76 bits per heavy atom. The van der Waals surface area contributed by atoms with E-state index in [0.717, 1.165) is 18.4 Å². The van der Waals surface area contributed by atoms with Crippen molar-refractivity contribution in [2.75, 3.05) is 6.54 Å². The molecule has 25 heavy (non-hydrogen) atoms. The first kappa shape index (κ1) is 16.9. The van der Waals surface area contributed by atoms with Crippen molar-refractivity contribution in [3.05, 3.63) is 47.7 Å². The van der Waals surface area contributed by atoms with Crippen LogP contribution in [0.3, 0.4) is 0 Å². The van der Waals surface area contributed by atoms with Gasteiger partial charge in [-0.25, -0.2) is 0 Å². The van der Waals surface area contributed by atoms with E-state index in [1.165, 1.54) is 81.2 Å². The maximum absolute atomic E-state index is 5.37. The Kier molecular flexibility index (Phi) is 5.54. The van der Waals surface area contributed by atoms with Crippen LogP contribution in [0, 0.1) is 11.8 Å². The number of nitrogens with zero attached hydrogens (tertiary/aromatic N) is 1. The zero-order valence-corrected chi connectivity index (χ0v) is 15.4. The van der Waals surface area contributed by atoms with Gasteiger partial charge < -0.3 is 5.32 Å². The van der Waals surface area contributed by atoms with E-state index in [9.17, 15) is 0 Å². The van der Waals surface area contributed by atoms with Gasteiger partial charge in [-0.05, 0) is 49.2 Å². The van der Waals surface area contributed by atoms with Crippen LogP contribution in [0.15, 0.2) is 47.1 Å². The number of allylic oxidation sites excluding steroid dienone is 2. The number of rotatable bonds is 4. The molecule has 2 atom stereocenters. The van der Waals surface area contributed by atoms with Crippen molar-refractivity contribution >= 4 is 5.71 Å². The highest BCUT2D eigenvalue weighted by Crippen LogP contribution is 2.41. The summed E-state index contributed by atoms with van der Waals surface area (Å²) in [6, 6.07) is 11.3. The molecule has 134 valence electrons. The lowest BCUT2D eigenvalue weighted by Gasteiger charge is -2.30. The molecule has 1 aliphatic heterocycles. The standard InChI is InChI=1S/C23H32N2/c1-3-9-18(10-4-1)21-14-7-15-22(21)25-23(17-20-13-8-16-24-20)19-11-5-2-6-12-19/h2,5-6,11-12,17-18,21-22,24H,1,3-4,7-10,13-16H2/t21-,22+/m0/s1. The summed E-state index contributed by atoms with van der Waals surface area (Å²) < 4.78 is 0. The molecular weight excluding hydrogens is 304 g/mol. The molecule has 0 bridgehead atoms. The molecule has 1 aromatic carbocycles. The average Bonchev–Trinajstić information content (AvgIpc) is 3.35. The van der Waals surface area contributed by atoms with Crippen molar-refractivity contribution in [2.24, 2.45) is 16.8 Å². The summed E-state index contributed by atoms with van der Waals surface area (Å²) in [6.07, 6.45) is 16.0. The summed E-state index contributed by atoms with van der Waals surface area (Å²) in [7, 11) is 0. The molecule has 1 aromatic rings. The van der Waals surface area contributed by atoms with Crippen LogP contribution in [-0.2, 0) is 0 Å². The van der Waals surface area contributed by atoms with Gasteiger partial charge in [0, 0.05) is 12.2 Å². The van der Waals surface area contributed by atoms with Crippen molar-refractivity contribution in [1.82, 2.24) is 5.32 Å². The minimum atomic E-state index is 0.538. The first-order valence-electron chi connectivity index (χ1n) is 10.5. The van der Waals surface area contributed by atoms with Crippen molar-refractivity contribution in [2.45, 2.75) is 70.3 Å². The van der Waals surface area contributed by atoms with Crippen LogP contribution in [0.5, 0.6) is 0 Å². The fourth-order valence-corrected chi connectivity index (χ4v) is 5.13. The minimum Gasteiger partial charge on any atom is -0.388 e. The van der Waals surface area contributed by atoms with Crippen LogP contribution in [0.4, 0.5) is 0 Å².